The molecule has 2 aromatic rings. The summed E-state index contributed by atoms with van der Waals surface area (Å²) < 4.78 is 12.8. The molecule has 0 atom stereocenters. The minimum absolute atomic E-state index is 0.194. The van der Waals surface area contributed by atoms with Crippen LogP contribution in [0.3, 0.4) is 0 Å². The summed E-state index contributed by atoms with van der Waals surface area (Å²) in [6.07, 6.45) is 1.56. The summed E-state index contributed by atoms with van der Waals surface area (Å²) in [5.41, 5.74) is 0.901. The van der Waals surface area contributed by atoms with Crippen LogP contribution in [0, 0.1) is 3.57 Å². The van der Waals surface area contributed by atoms with Gasteiger partial charge in [0.05, 0.1) is 14.4 Å². The van der Waals surface area contributed by atoms with E-state index in [1.165, 1.54) is 0 Å². The average molecular weight is 665 g/mol. The third kappa shape index (κ3) is 7.21. The number of nitrogens with zero attached hydrogens (tertiary/aromatic N) is 1. The van der Waals surface area contributed by atoms with Gasteiger partial charge in [-0.25, -0.2) is 0 Å². The molecule has 0 bridgehead atoms. The Kier molecular flexibility index (Phi) is 8.52. The van der Waals surface area contributed by atoms with E-state index in [1.54, 1.807) is 39.0 Å². The van der Waals surface area contributed by atoms with Crippen molar-refractivity contribution in [2.75, 3.05) is 6.54 Å². The summed E-state index contributed by atoms with van der Waals surface area (Å²) in [5, 5.41) is -0.172. The van der Waals surface area contributed by atoms with E-state index < -0.39 is 29.3 Å². The molecular weight excluding hydrogens is 645 g/mol. The highest BCUT2D eigenvalue weighted by Crippen LogP contribution is 2.38. The third-order valence-electron chi connectivity index (χ3n) is 4.20. The SMILES string of the molecule is CC(C)(C)OC(=O)CN1C(=O)SC(=Cc2cc(Cl)c(OCc3ccc(I)cc3)c(Br)c2)C1=O. The Labute approximate surface area is 223 Å². The molecule has 174 valence electrons. The van der Waals surface area contributed by atoms with Crippen LogP contribution in [0.15, 0.2) is 45.8 Å². The lowest BCUT2D eigenvalue weighted by molar-refractivity contribution is -0.156. The number of carbonyl (C=O) groups is 3. The van der Waals surface area contributed by atoms with Crippen molar-refractivity contribution in [2.24, 2.45) is 0 Å². The van der Waals surface area contributed by atoms with Crippen molar-refractivity contribution in [3.63, 3.8) is 0 Å². The zero-order valence-electron chi connectivity index (χ0n) is 18.0. The summed E-state index contributed by atoms with van der Waals surface area (Å²) >= 11 is 12.9. The summed E-state index contributed by atoms with van der Waals surface area (Å²) in [6.45, 7) is 5.06. The molecule has 0 N–H and O–H groups in total. The summed E-state index contributed by atoms with van der Waals surface area (Å²) in [5.74, 6) is -0.723. The number of imide groups is 1. The Morgan fingerprint density at radius 1 is 1.21 bits per heavy atom. The van der Waals surface area contributed by atoms with Gasteiger partial charge in [-0.15, -0.1) is 0 Å². The molecule has 6 nitrogen and oxygen atoms in total. The Morgan fingerprint density at radius 2 is 1.88 bits per heavy atom. The number of halogens is 3. The maximum atomic E-state index is 12.7. The second-order valence-electron chi connectivity index (χ2n) is 8.08. The van der Waals surface area contributed by atoms with E-state index in [9.17, 15) is 14.4 Å². The molecule has 33 heavy (non-hydrogen) atoms. The fourth-order valence-corrected chi connectivity index (χ4v) is 5.01. The first kappa shape index (κ1) is 26.1. The smallest absolute Gasteiger partial charge is 0.326 e. The first-order chi connectivity index (χ1) is 15.4. The van der Waals surface area contributed by atoms with Gasteiger partial charge in [0.25, 0.3) is 11.1 Å². The molecule has 0 spiro atoms. The molecule has 1 saturated heterocycles. The molecule has 0 unspecified atom stereocenters. The molecule has 1 aliphatic heterocycles. The van der Waals surface area contributed by atoms with Crippen LogP contribution < -0.4 is 4.74 Å². The fourth-order valence-electron chi connectivity index (χ4n) is 2.83. The molecule has 1 aliphatic rings. The predicted molar refractivity (Wildman–Crippen MR) is 141 cm³/mol. The standard InChI is InChI=1S/C23H20BrClINO5S/c1-23(2,3)32-19(28)11-27-21(29)18(33-22(27)30)10-14-8-16(24)20(17(25)9-14)31-12-13-4-6-15(26)7-5-13/h4-10H,11-12H2,1-3H3. The van der Waals surface area contributed by atoms with Gasteiger partial charge in [0.15, 0.2) is 5.75 Å². The molecule has 3 rings (SSSR count). The van der Waals surface area contributed by atoms with E-state index in [0.717, 1.165) is 25.8 Å². The quantitative estimate of drug-likeness (QED) is 0.195. The second-order valence-corrected chi connectivity index (χ2v) is 11.6. The molecule has 0 radical (unpaired) electrons. The van der Waals surface area contributed by atoms with Crippen molar-refractivity contribution in [2.45, 2.75) is 33.0 Å². The summed E-state index contributed by atoms with van der Waals surface area (Å²) in [6, 6.07) is 11.3. The van der Waals surface area contributed by atoms with Gasteiger partial charge in [0.1, 0.15) is 18.8 Å². The van der Waals surface area contributed by atoms with Crippen molar-refractivity contribution < 1.29 is 23.9 Å². The van der Waals surface area contributed by atoms with Gasteiger partial charge in [-0.1, -0.05) is 23.7 Å². The number of thioether (sulfide) groups is 1. The van der Waals surface area contributed by atoms with E-state index in [-0.39, 0.29) is 4.91 Å². The minimum Gasteiger partial charge on any atom is -0.486 e. The Hall–Kier alpha value is -1.56. The molecule has 2 aromatic carbocycles. The zero-order valence-corrected chi connectivity index (χ0v) is 23.3. The molecule has 0 saturated carbocycles. The molecule has 0 aromatic heterocycles. The van der Waals surface area contributed by atoms with Crippen LogP contribution >= 0.6 is 61.9 Å². The van der Waals surface area contributed by atoms with Gasteiger partial charge in [0.2, 0.25) is 0 Å². The van der Waals surface area contributed by atoms with Crippen LogP contribution in [-0.4, -0.2) is 34.2 Å². The average Bonchev–Trinajstić information content (AvgIpc) is 2.94. The Morgan fingerprint density at radius 3 is 2.48 bits per heavy atom. The van der Waals surface area contributed by atoms with Crippen molar-refractivity contribution in [1.82, 2.24) is 4.90 Å². The zero-order chi connectivity index (χ0) is 24.3. The van der Waals surface area contributed by atoms with E-state index in [1.807, 2.05) is 24.3 Å². The largest absolute Gasteiger partial charge is 0.486 e. The fraction of sp³-hybridized carbons (Fsp3) is 0.261. The molecular formula is C23H20BrClINO5S. The number of carbonyl (C=O) groups excluding carboxylic acids is 3. The summed E-state index contributed by atoms with van der Waals surface area (Å²) in [7, 11) is 0. The van der Waals surface area contributed by atoms with Crippen LogP contribution in [-0.2, 0) is 20.9 Å². The van der Waals surface area contributed by atoms with Gasteiger partial charge in [-0.2, -0.15) is 0 Å². The van der Waals surface area contributed by atoms with Crippen LogP contribution in [0.1, 0.15) is 31.9 Å². The first-order valence-corrected chi connectivity index (χ1v) is 12.8. The third-order valence-corrected chi connectivity index (χ3v) is 6.69. The highest BCUT2D eigenvalue weighted by atomic mass is 127. The Bertz CT molecular complexity index is 1110. The van der Waals surface area contributed by atoms with Crippen LogP contribution in [0.25, 0.3) is 6.08 Å². The van der Waals surface area contributed by atoms with Crippen molar-refractivity contribution in [1.29, 1.82) is 0 Å². The van der Waals surface area contributed by atoms with E-state index >= 15 is 0 Å². The Balaban J connectivity index is 1.72. The van der Waals surface area contributed by atoms with Crippen LogP contribution in [0.5, 0.6) is 5.75 Å². The van der Waals surface area contributed by atoms with Gasteiger partial charge < -0.3 is 9.47 Å². The number of ether oxygens (including phenoxy) is 2. The van der Waals surface area contributed by atoms with E-state index in [0.29, 0.717) is 27.4 Å². The number of esters is 1. The lowest BCUT2D eigenvalue weighted by atomic mass is 10.2. The van der Waals surface area contributed by atoms with Gasteiger partial charge in [-0.05, 0) is 113 Å². The number of hydrogen-bond donors (Lipinski definition) is 0. The van der Waals surface area contributed by atoms with Crippen molar-refractivity contribution in [3.8, 4) is 5.75 Å². The van der Waals surface area contributed by atoms with E-state index in [4.69, 9.17) is 21.1 Å². The normalized spacial score (nSPS) is 15.3. The highest BCUT2D eigenvalue weighted by molar-refractivity contribution is 14.1. The molecule has 1 heterocycles. The molecule has 1 fully saturated rings. The van der Waals surface area contributed by atoms with Crippen molar-refractivity contribution in [3.05, 3.63) is 65.5 Å². The molecule has 2 amide bonds. The maximum Gasteiger partial charge on any atom is 0.326 e. The topological polar surface area (TPSA) is 72.9 Å². The van der Waals surface area contributed by atoms with E-state index in [2.05, 4.69) is 38.5 Å². The monoisotopic (exact) mass is 663 g/mol. The lowest BCUT2D eigenvalue weighted by Gasteiger charge is -2.21. The van der Waals surface area contributed by atoms with Crippen molar-refractivity contribution >= 4 is 85.1 Å². The lowest BCUT2D eigenvalue weighted by Crippen LogP contribution is -2.37. The number of rotatable bonds is 6. The van der Waals surface area contributed by atoms with Crippen LogP contribution in [0.2, 0.25) is 5.02 Å². The summed E-state index contributed by atoms with van der Waals surface area (Å²) in [4.78, 5) is 38.1. The maximum absolute atomic E-state index is 12.7. The predicted octanol–water partition coefficient (Wildman–Crippen LogP) is 6.66. The number of benzene rings is 2. The first-order valence-electron chi connectivity index (χ1n) is 9.76. The number of hydrogen-bond acceptors (Lipinski definition) is 6. The molecule has 0 aliphatic carbocycles. The minimum atomic E-state index is -0.708. The molecule has 10 heteroatoms. The number of amides is 2. The highest BCUT2D eigenvalue weighted by Gasteiger charge is 2.37. The second kappa shape index (κ2) is 10.8. The van der Waals surface area contributed by atoms with Gasteiger partial charge >= 0.3 is 5.97 Å². The van der Waals surface area contributed by atoms with Gasteiger partial charge in [0, 0.05) is 3.57 Å². The van der Waals surface area contributed by atoms with Crippen LogP contribution in [0.4, 0.5) is 4.79 Å². The van der Waals surface area contributed by atoms with Gasteiger partial charge in [-0.3, -0.25) is 19.3 Å².